The van der Waals surface area contributed by atoms with Crippen LogP contribution in [-0.4, -0.2) is 9.30 Å². The third kappa shape index (κ3) is 2.65. The Morgan fingerprint density at radius 2 is 1.79 bits per heavy atom. The number of nitrogens with two attached hydrogens (primary N) is 1. The average molecular weight is 217 g/mol. The van der Waals surface area contributed by atoms with E-state index in [9.17, 15) is 4.55 Å². The van der Waals surface area contributed by atoms with Crippen LogP contribution >= 0.6 is 0 Å². The fraction of sp³-hybridized carbons (Fsp3) is 1.00. The van der Waals surface area contributed by atoms with E-state index in [-0.39, 0.29) is 4.75 Å². The average Bonchev–Trinajstić information content (AvgIpc) is 2.17. The molecule has 0 spiro atoms. The Bertz CT molecular complexity index is 176. The van der Waals surface area contributed by atoms with Crippen molar-refractivity contribution < 1.29 is 4.55 Å². The standard InChI is InChI=1S/C11H23NOS/c1-9(11(2,3)14(12)13)10-7-5-4-6-8-10/h9-10H,4-8,12H2,1-3H3. The summed E-state index contributed by atoms with van der Waals surface area (Å²) in [6, 6.07) is 0. The smallest absolute Gasteiger partial charge is 0.142 e. The normalized spacial score (nSPS) is 24.6. The van der Waals surface area contributed by atoms with Crippen molar-refractivity contribution >= 4 is 11.4 Å². The summed E-state index contributed by atoms with van der Waals surface area (Å²) >= 11 is -1.21. The molecular formula is C11H23NOS. The highest BCUT2D eigenvalue weighted by molar-refractivity contribution is 7.90. The topological polar surface area (TPSA) is 49.1 Å². The van der Waals surface area contributed by atoms with Crippen molar-refractivity contribution in [2.45, 2.75) is 57.6 Å². The zero-order valence-corrected chi connectivity index (χ0v) is 10.4. The lowest BCUT2D eigenvalue weighted by molar-refractivity contribution is 0.224. The first kappa shape index (κ1) is 12.3. The van der Waals surface area contributed by atoms with Gasteiger partial charge in [0, 0.05) is 17.3 Å². The van der Waals surface area contributed by atoms with Gasteiger partial charge in [0.15, 0.2) is 0 Å². The largest absolute Gasteiger partial charge is 0.598 e. The molecule has 0 bridgehead atoms. The lowest BCUT2D eigenvalue weighted by atomic mass is 9.76. The van der Waals surface area contributed by atoms with Crippen LogP contribution in [0.25, 0.3) is 0 Å². The monoisotopic (exact) mass is 217 g/mol. The first-order chi connectivity index (χ1) is 6.46. The number of hydrogen-bond donors (Lipinski definition) is 1. The van der Waals surface area contributed by atoms with Crippen molar-refractivity contribution in [3.63, 3.8) is 0 Å². The van der Waals surface area contributed by atoms with Gasteiger partial charge in [0.25, 0.3) is 0 Å². The Labute approximate surface area is 91.0 Å². The summed E-state index contributed by atoms with van der Waals surface area (Å²) in [6.07, 6.45) is 6.63. The third-order valence-electron chi connectivity index (χ3n) is 3.97. The molecule has 14 heavy (non-hydrogen) atoms. The van der Waals surface area contributed by atoms with Crippen molar-refractivity contribution in [3.8, 4) is 0 Å². The highest BCUT2D eigenvalue weighted by Gasteiger charge is 2.40. The van der Waals surface area contributed by atoms with Gasteiger partial charge in [-0.2, -0.15) is 5.14 Å². The molecule has 1 rings (SSSR count). The molecule has 0 heterocycles. The van der Waals surface area contributed by atoms with Gasteiger partial charge in [0.1, 0.15) is 4.75 Å². The minimum absolute atomic E-state index is 0.234. The molecule has 2 atom stereocenters. The molecule has 84 valence electrons. The van der Waals surface area contributed by atoms with Crippen LogP contribution in [0.3, 0.4) is 0 Å². The molecule has 1 saturated carbocycles. The fourth-order valence-corrected chi connectivity index (χ4v) is 2.94. The lowest BCUT2D eigenvalue weighted by Gasteiger charge is -2.37. The van der Waals surface area contributed by atoms with Gasteiger partial charge in [-0.05, 0) is 32.6 Å². The molecule has 0 saturated heterocycles. The molecular weight excluding hydrogens is 194 g/mol. The maximum atomic E-state index is 11.4. The SMILES string of the molecule is CC(C1CCCCC1)C(C)(C)[S+](N)[O-]. The van der Waals surface area contributed by atoms with Gasteiger partial charge in [0.05, 0.1) is 0 Å². The number of rotatable bonds is 3. The molecule has 1 fully saturated rings. The third-order valence-corrected chi connectivity index (χ3v) is 5.38. The van der Waals surface area contributed by atoms with Crippen LogP contribution < -0.4 is 5.14 Å². The highest BCUT2D eigenvalue weighted by Crippen LogP contribution is 2.38. The zero-order chi connectivity index (χ0) is 10.8. The van der Waals surface area contributed by atoms with E-state index in [2.05, 4.69) is 6.92 Å². The Balaban J connectivity index is 2.57. The van der Waals surface area contributed by atoms with E-state index >= 15 is 0 Å². The van der Waals surface area contributed by atoms with E-state index in [1.54, 1.807) is 0 Å². The van der Waals surface area contributed by atoms with Crippen LogP contribution in [-0.2, 0) is 11.4 Å². The van der Waals surface area contributed by atoms with Gasteiger partial charge in [0.2, 0.25) is 0 Å². The van der Waals surface area contributed by atoms with Crippen molar-refractivity contribution in [3.05, 3.63) is 0 Å². The van der Waals surface area contributed by atoms with Crippen LogP contribution in [0.2, 0.25) is 0 Å². The van der Waals surface area contributed by atoms with Gasteiger partial charge < -0.3 is 4.55 Å². The molecule has 2 unspecified atom stereocenters. The number of hydrogen-bond acceptors (Lipinski definition) is 2. The predicted molar refractivity (Wildman–Crippen MR) is 62.1 cm³/mol. The van der Waals surface area contributed by atoms with Gasteiger partial charge >= 0.3 is 0 Å². The lowest BCUT2D eigenvalue weighted by Crippen LogP contribution is -2.46. The second kappa shape index (κ2) is 4.86. The molecule has 0 aromatic heterocycles. The van der Waals surface area contributed by atoms with Crippen molar-refractivity contribution in [1.29, 1.82) is 0 Å². The Morgan fingerprint density at radius 3 is 2.21 bits per heavy atom. The highest BCUT2D eigenvalue weighted by atomic mass is 32.2. The minimum Gasteiger partial charge on any atom is -0.598 e. The van der Waals surface area contributed by atoms with Gasteiger partial charge in [-0.3, -0.25) is 0 Å². The van der Waals surface area contributed by atoms with Gasteiger partial charge in [-0.25, -0.2) is 0 Å². The van der Waals surface area contributed by atoms with E-state index in [0.29, 0.717) is 5.92 Å². The minimum atomic E-state index is -1.21. The van der Waals surface area contributed by atoms with E-state index < -0.39 is 11.4 Å². The van der Waals surface area contributed by atoms with E-state index in [1.807, 2.05) is 13.8 Å². The Hall–Kier alpha value is 0.270. The summed E-state index contributed by atoms with van der Waals surface area (Å²) in [6.45, 7) is 6.27. The van der Waals surface area contributed by atoms with E-state index in [1.165, 1.54) is 32.1 Å². The predicted octanol–water partition coefficient (Wildman–Crippen LogP) is 2.60. The maximum Gasteiger partial charge on any atom is 0.142 e. The molecule has 0 aromatic carbocycles. The summed E-state index contributed by atoms with van der Waals surface area (Å²) in [5, 5.41) is 5.55. The van der Waals surface area contributed by atoms with Crippen molar-refractivity contribution in [2.75, 3.05) is 0 Å². The molecule has 0 radical (unpaired) electrons. The van der Waals surface area contributed by atoms with E-state index in [4.69, 9.17) is 5.14 Å². The molecule has 1 aliphatic rings. The molecule has 1 aliphatic carbocycles. The second-order valence-electron chi connectivity index (χ2n) is 5.09. The fourth-order valence-electron chi connectivity index (χ4n) is 2.39. The molecule has 3 heteroatoms. The molecule has 0 amide bonds. The summed E-state index contributed by atoms with van der Waals surface area (Å²) in [4.78, 5) is 0. The first-order valence-electron chi connectivity index (χ1n) is 5.62. The summed E-state index contributed by atoms with van der Waals surface area (Å²) in [5.41, 5.74) is 0. The molecule has 0 aromatic rings. The molecule has 0 aliphatic heterocycles. The van der Waals surface area contributed by atoms with Gasteiger partial charge in [-0.15, -0.1) is 0 Å². The Kier molecular flexibility index (Phi) is 4.29. The van der Waals surface area contributed by atoms with Crippen LogP contribution in [0.1, 0.15) is 52.9 Å². The summed E-state index contributed by atoms with van der Waals surface area (Å²) in [7, 11) is 0. The maximum absolute atomic E-state index is 11.4. The van der Waals surface area contributed by atoms with Gasteiger partial charge in [-0.1, -0.05) is 26.2 Å². The van der Waals surface area contributed by atoms with Crippen molar-refractivity contribution in [1.82, 2.24) is 0 Å². The van der Waals surface area contributed by atoms with Crippen LogP contribution in [0.5, 0.6) is 0 Å². The molecule has 2 N–H and O–H groups in total. The Morgan fingerprint density at radius 1 is 1.29 bits per heavy atom. The summed E-state index contributed by atoms with van der Waals surface area (Å²) < 4.78 is 11.2. The quantitative estimate of drug-likeness (QED) is 0.739. The van der Waals surface area contributed by atoms with Crippen LogP contribution in [0.15, 0.2) is 0 Å². The second-order valence-corrected chi connectivity index (χ2v) is 6.73. The molecule has 2 nitrogen and oxygen atoms in total. The van der Waals surface area contributed by atoms with Crippen LogP contribution in [0, 0.1) is 11.8 Å². The first-order valence-corrected chi connectivity index (χ1v) is 6.84. The van der Waals surface area contributed by atoms with Crippen molar-refractivity contribution in [2.24, 2.45) is 17.0 Å². The summed E-state index contributed by atoms with van der Waals surface area (Å²) in [5.74, 6) is 1.19. The van der Waals surface area contributed by atoms with E-state index in [0.717, 1.165) is 5.92 Å². The zero-order valence-electron chi connectivity index (χ0n) is 9.58. The van der Waals surface area contributed by atoms with Crippen LogP contribution in [0.4, 0.5) is 0 Å².